The summed E-state index contributed by atoms with van der Waals surface area (Å²) in [4.78, 5) is 17.5. The van der Waals surface area contributed by atoms with Crippen LogP contribution >= 0.6 is 0 Å². The molecule has 4 nitrogen and oxygen atoms in total. The Morgan fingerprint density at radius 2 is 1.78 bits per heavy atom. The molecule has 0 aliphatic carbocycles. The van der Waals surface area contributed by atoms with Crippen LogP contribution in [0.2, 0.25) is 0 Å². The molecule has 3 saturated heterocycles. The van der Waals surface area contributed by atoms with Crippen molar-refractivity contribution in [1.29, 1.82) is 0 Å². The van der Waals surface area contributed by atoms with Gasteiger partial charge in [0.15, 0.2) is 0 Å². The molecule has 1 spiro atoms. The highest BCUT2D eigenvalue weighted by molar-refractivity contribution is 5.79. The highest BCUT2D eigenvalue weighted by atomic mass is 16.5. The molecule has 2 aromatic carbocycles. The molecular weight excluding hydrogens is 336 g/mol. The number of nitrogens with zero attached hydrogens (tertiary/aromatic N) is 2. The summed E-state index contributed by atoms with van der Waals surface area (Å²) in [5.74, 6) is 0.649. The summed E-state index contributed by atoms with van der Waals surface area (Å²) in [6, 6.07) is 21.1. The second kappa shape index (κ2) is 6.77. The number of benzene rings is 2. The first-order valence-electron chi connectivity index (χ1n) is 10.0. The first-order valence-corrected chi connectivity index (χ1v) is 10.0. The lowest BCUT2D eigenvalue weighted by molar-refractivity contribution is -0.192. The van der Waals surface area contributed by atoms with E-state index < -0.39 is 5.72 Å². The minimum absolute atomic E-state index is 0.0576. The SMILES string of the molecule is O=C1CC[C@H]2CN(Cc3ccccc3)CC[C@]23OC[C@@H](c2ccccc2)N13. The maximum Gasteiger partial charge on any atom is 0.225 e. The van der Waals surface area contributed by atoms with Gasteiger partial charge in [-0.15, -0.1) is 0 Å². The van der Waals surface area contributed by atoms with Crippen molar-refractivity contribution >= 4 is 5.91 Å². The van der Waals surface area contributed by atoms with Crippen LogP contribution in [0.3, 0.4) is 0 Å². The minimum Gasteiger partial charge on any atom is -0.353 e. The Balaban J connectivity index is 1.38. The normalized spacial score (nSPS) is 30.8. The number of amides is 1. The van der Waals surface area contributed by atoms with Gasteiger partial charge in [0, 0.05) is 38.4 Å². The Kier molecular flexibility index (Phi) is 4.25. The molecule has 1 amide bonds. The first kappa shape index (κ1) is 17.0. The van der Waals surface area contributed by atoms with Crippen LogP contribution in [0.1, 0.15) is 36.4 Å². The summed E-state index contributed by atoms with van der Waals surface area (Å²) in [5.41, 5.74) is 2.14. The minimum atomic E-state index is -0.400. The van der Waals surface area contributed by atoms with E-state index in [0.29, 0.717) is 18.9 Å². The van der Waals surface area contributed by atoms with Crippen LogP contribution in [0.25, 0.3) is 0 Å². The lowest BCUT2D eigenvalue weighted by Crippen LogP contribution is -2.63. The number of carbonyl (C=O) groups is 1. The number of rotatable bonds is 3. The molecule has 3 heterocycles. The van der Waals surface area contributed by atoms with Gasteiger partial charge in [0.25, 0.3) is 0 Å². The largest absolute Gasteiger partial charge is 0.353 e. The fraction of sp³-hybridized carbons (Fsp3) is 0.435. The summed E-state index contributed by atoms with van der Waals surface area (Å²) >= 11 is 0. The lowest BCUT2D eigenvalue weighted by Gasteiger charge is -2.52. The van der Waals surface area contributed by atoms with Gasteiger partial charge in [-0.25, -0.2) is 0 Å². The monoisotopic (exact) mass is 362 g/mol. The zero-order valence-electron chi connectivity index (χ0n) is 15.6. The standard InChI is InChI=1S/C23H26N2O2/c26-22-12-11-20-16-24(15-18-7-3-1-4-8-18)14-13-23(20)25(22)21(17-27-23)19-9-5-2-6-10-19/h1-10,20-21H,11-17H2/t20-,21-,23-/m0/s1. The van der Waals surface area contributed by atoms with Gasteiger partial charge in [-0.3, -0.25) is 9.69 Å². The average molecular weight is 362 g/mol. The van der Waals surface area contributed by atoms with Crippen molar-refractivity contribution < 1.29 is 9.53 Å². The third kappa shape index (κ3) is 2.88. The quantitative estimate of drug-likeness (QED) is 0.836. The maximum absolute atomic E-state index is 12.9. The lowest BCUT2D eigenvalue weighted by atomic mass is 9.79. The molecule has 3 aliphatic heterocycles. The highest BCUT2D eigenvalue weighted by Gasteiger charge is 2.58. The van der Waals surface area contributed by atoms with Gasteiger partial charge in [0.2, 0.25) is 5.91 Å². The Labute approximate surface area is 160 Å². The zero-order chi connectivity index (χ0) is 18.3. The fourth-order valence-corrected chi connectivity index (χ4v) is 5.23. The van der Waals surface area contributed by atoms with Crippen molar-refractivity contribution in [2.45, 2.75) is 37.6 Å². The second-order valence-corrected chi connectivity index (χ2v) is 8.05. The maximum atomic E-state index is 12.9. The van der Waals surface area contributed by atoms with Crippen molar-refractivity contribution in [1.82, 2.24) is 9.80 Å². The van der Waals surface area contributed by atoms with Crippen LogP contribution in [0.5, 0.6) is 0 Å². The fourth-order valence-electron chi connectivity index (χ4n) is 5.23. The van der Waals surface area contributed by atoms with Crippen molar-refractivity contribution in [2.75, 3.05) is 19.7 Å². The van der Waals surface area contributed by atoms with Gasteiger partial charge in [-0.05, 0) is 17.5 Å². The van der Waals surface area contributed by atoms with E-state index >= 15 is 0 Å². The molecule has 140 valence electrons. The number of piperidine rings is 2. The van der Waals surface area contributed by atoms with E-state index in [1.54, 1.807) is 0 Å². The van der Waals surface area contributed by atoms with Gasteiger partial charge < -0.3 is 9.64 Å². The van der Waals surface area contributed by atoms with Gasteiger partial charge in [-0.1, -0.05) is 60.7 Å². The van der Waals surface area contributed by atoms with Crippen molar-refractivity contribution in [2.24, 2.45) is 5.92 Å². The van der Waals surface area contributed by atoms with Gasteiger partial charge >= 0.3 is 0 Å². The Morgan fingerprint density at radius 1 is 1.04 bits per heavy atom. The van der Waals surface area contributed by atoms with Gasteiger partial charge in [0.05, 0.1) is 12.6 Å². The van der Waals surface area contributed by atoms with E-state index in [0.717, 1.165) is 32.5 Å². The number of hydrogen-bond acceptors (Lipinski definition) is 3. The van der Waals surface area contributed by atoms with Gasteiger partial charge in [0.1, 0.15) is 5.72 Å². The number of hydrogen-bond donors (Lipinski definition) is 0. The number of carbonyl (C=O) groups excluding carboxylic acids is 1. The summed E-state index contributed by atoms with van der Waals surface area (Å²) in [6.45, 7) is 3.56. The summed E-state index contributed by atoms with van der Waals surface area (Å²) in [6.07, 6.45) is 2.47. The van der Waals surface area contributed by atoms with Crippen LogP contribution in [-0.4, -0.2) is 41.1 Å². The molecule has 3 fully saturated rings. The summed E-state index contributed by atoms with van der Waals surface area (Å²) in [5, 5.41) is 0. The second-order valence-electron chi connectivity index (χ2n) is 8.05. The van der Waals surface area contributed by atoms with Crippen LogP contribution in [0.4, 0.5) is 0 Å². The first-order chi connectivity index (χ1) is 13.3. The van der Waals surface area contributed by atoms with Gasteiger partial charge in [-0.2, -0.15) is 0 Å². The average Bonchev–Trinajstić information content (AvgIpc) is 3.11. The van der Waals surface area contributed by atoms with E-state index in [4.69, 9.17) is 4.74 Å². The predicted molar refractivity (Wildman–Crippen MR) is 104 cm³/mol. The number of likely N-dealkylation sites (tertiary alicyclic amines) is 1. The van der Waals surface area contributed by atoms with E-state index in [-0.39, 0.29) is 11.9 Å². The van der Waals surface area contributed by atoms with Crippen LogP contribution in [-0.2, 0) is 16.1 Å². The molecule has 0 aromatic heterocycles. The summed E-state index contributed by atoms with van der Waals surface area (Å²) < 4.78 is 6.46. The van der Waals surface area contributed by atoms with E-state index in [9.17, 15) is 4.79 Å². The Hall–Kier alpha value is -2.17. The zero-order valence-corrected chi connectivity index (χ0v) is 15.6. The molecular formula is C23H26N2O2. The van der Waals surface area contributed by atoms with E-state index in [1.165, 1.54) is 11.1 Å². The third-order valence-corrected chi connectivity index (χ3v) is 6.52. The molecule has 2 aromatic rings. The third-order valence-electron chi connectivity index (χ3n) is 6.52. The molecule has 4 heteroatoms. The smallest absolute Gasteiger partial charge is 0.225 e. The van der Waals surface area contributed by atoms with Crippen LogP contribution in [0, 0.1) is 5.92 Å². The highest BCUT2D eigenvalue weighted by Crippen LogP contribution is 2.50. The Morgan fingerprint density at radius 3 is 2.56 bits per heavy atom. The van der Waals surface area contributed by atoms with Crippen LogP contribution < -0.4 is 0 Å². The van der Waals surface area contributed by atoms with Crippen LogP contribution in [0.15, 0.2) is 60.7 Å². The molecule has 0 radical (unpaired) electrons. The predicted octanol–water partition coefficient (Wildman–Crippen LogP) is 3.60. The molecule has 0 N–H and O–H groups in total. The molecule has 0 bridgehead atoms. The molecule has 0 saturated carbocycles. The van der Waals surface area contributed by atoms with Crippen molar-refractivity contribution in [3.63, 3.8) is 0 Å². The number of ether oxygens (including phenoxy) is 1. The molecule has 5 rings (SSSR count). The molecule has 0 unspecified atom stereocenters. The molecule has 27 heavy (non-hydrogen) atoms. The van der Waals surface area contributed by atoms with Crippen molar-refractivity contribution in [3.8, 4) is 0 Å². The molecule has 3 atom stereocenters. The summed E-state index contributed by atoms with van der Waals surface area (Å²) in [7, 11) is 0. The molecule has 3 aliphatic rings. The van der Waals surface area contributed by atoms with E-state index in [2.05, 4.69) is 64.4 Å². The topological polar surface area (TPSA) is 32.8 Å². The Bertz CT molecular complexity index is 810. The van der Waals surface area contributed by atoms with E-state index in [1.807, 2.05) is 6.07 Å². The van der Waals surface area contributed by atoms with Crippen molar-refractivity contribution in [3.05, 3.63) is 71.8 Å².